The first-order valence-corrected chi connectivity index (χ1v) is 16.5. The number of benzene rings is 1. The summed E-state index contributed by atoms with van der Waals surface area (Å²) >= 11 is 0. The van der Waals surface area contributed by atoms with Crippen molar-refractivity contribution < 1.29 is 29.0 Å². The lowest BCUT2D eigenvalue weighted by molar-refractivity contribution is -0.135. The largest absolute Gasteiger partial charge is 0.388 e. The van der Waals surface area contributed by atoms with E-state index in [1.54, 1.807) is 66.0 Å². The average Bonchev–Trinajstić information content (AvgIpc) is 3.64. The summed E-state index contributed by atoms with van der Waals surface area (Å²) in [5.41, 5.74) is 7.65. The number of aryl methyl sites for hydroxylation is 2. The lowest BCUT2D eigenvalue weighted by atomic mass is 9.79. The van der Waals surface area contributed by atoms with Crippen molar-refractivity contribution in [2.45, 2.75) is 56.8 Å². The van der Waals surface area contributed by atoms with Crippen molar-refractivity contribution in [3.63, 3.8) is 0 Å². The van der Waals surface area contributed by atoms with Gasteiger partial charge in [0.25, 0.3) is 5.91 Å². The maximum atomic E-state index is 13.2. The van der Waals surface area contributed by atoms with Crippen LogP contribution in [0.4, 0.5) is 5.69 Å². The van der Waals surface area contributed by atoms with Gasteiger partial charge in [0.15, 0.2) is 11.6 Å². The van der Waals surface area contributed by atoms with Gasteiger partial charge in [0, 0.05) is 57.9 Å². The fourth-order valence-electron chi connectivity index (χ4n) is 5.87. The highest BCUT2D eigenvalue weighted by Crippen LogP contribution is 2.30. The predicted molar refractivity (Wildman–Crippen MR) is 192 cm³/mol. The lowest BCUT2D eigenvalue weighted by Crippen LogP contribution is -2.44. The molecule has 2 heterocycles. The number of rotatable bonds is 13. The second-order valence-electron chi connectivity index (χ2n) is 12.6. The third-order valence-electron chi connectivity index (χ3n) is 8.55. The summed E-state index contributed by atoms with van der Waals surface area (Å²) in [5.74, 6) is 10.3. The fraction of sp³-hybridized carbons (Fsp3) is 0.308. The van der Waals surface area contributed by atoms with Gasteiger partial charge in [-0.25, -0.2) is 0 Å². The number of carbonyl (C=O) groups is 4. The van der Waals surface area contributed by atoms with Crippen LogP contribution in [0.5, 0.6) is 0 Å². The molecule has 6 N–H and O–H groups in total. The lowest BCUT2D eigenvalue weighted by Gasteiger charge is -2.30. The van der Waals surface area contributed by atoms with Gasteiger partial charge >= 0.3 is 0 Å². The summed E-state index contributed by atoms with van der Waals surface area (Å²) in [6, 6.07) is 10.6. The van der Waals surface area contributed by atoms with Crippen LogP contribution in [-0.2, 0) is 47.9 Å². The van der Waals surface area contributed by atoms with Gasteiger partial charge in [0.05, 0.1) is 30.2 Å². The van der Waals surface area contributed by atoms with E-state index in [0.29, 0.717) is 41.1 Å². The molecule has 2 aliphatic carbocycles. The molecule has 3 aromatic rings. The number of hydrogen-bond donors (Lipinski definition) is 5. The van der Waals surface area contributed by atoms with E-state index >= 15 is 0 Å². The van der Waals surface area contributed by atoms with Crippen LogP contribution in [0.2, 0.25) is 0 Å². The molecule has 0 unspecified atom stereocenters. The summed E-state index contributed by atoms with van der Waals surface area (Å²) in [7, 11) is 3.44. The van der Waals surface area contributed by atoms with Crippen molar-refractivity contribution in [2.24, 2.45) is 19.8 Å². The number of ether oxygens (including phenoxy) is 1. The molecular weight excluding hydrogens is 648 g/mol. The Morgan fingerprint density at radius 1 is 1.02 bits per heavy atom. The van der Waals surface area contributed by atoms with E-state index in [1.165, 1.54) is 0 Å². The minimum Gasteiger partial charge on any atom is -0.388 e. The first kappa shape index (κ1) is 36.3. The third-order valence-corrected chi connectivity index (χ3v) is 8.55. The van der Waals surface area contributed by atoms with E-state index in [-0.39, 0.29) is 62.3 Å². The Hall–Kier alpha value is -5.95. The molecule has 2 atom stereocenters. The van der Waals surface area contributed by atoms with Crippen molar-refractivity contribution in [1.82, 2.24) is 14.5 Å². The van der Waals surface area contributed by atoms with Crippen LogP contribution in [0.15, 0.2) is 72.6 Å². The molecule has 0 radical (unpaired) electrons. The molecule has 0 saturated carbocycles. The number of allylic oxidation sites excluding steroid dienone is 3. The fourth-order valence-corrected chi connectivity index (χ4v) is 5.87. The van der Waals surface area contributed by atoms with E-state index in [9.17, 15) is 24.3 Å². The highest BCUT2D eigenvalue weighted by Gasteiger charge is 2.41. The Labute approximate surface area is 296 Å². The van der Waals surface area contributed by atoms with Crippen molar-refractivity contribution >= 4 is 34.9 Å². The minimum absolute atomic E-state index is 0.0147. The molecule has 262 valence electrons. The number of carbonyl (C=O) groups excluding carboxylic acids is 4. The molecule has 51 heavy (non-hydrogen) atoms. The quantitative estimate of drug-likeness (QED) is 0.0792. The maximum Gasteiger partial charge on any atom is 0.267 e. The number of hydrogen-bond acceptors (Lipinski definition) is 7. The molecule has 0 aliphatic heterocycles. The number of aliphatic hydroxyl groups is 1. The minimum atomic E-state index is -1.55. The van der Waals surface area contributed by atoms with Gasteiger partial charge in [-0.15, -0.1) is 0 Å². The number of amidine groups is 1. The van der Waals surface area contributed by atoms with Crippen molar-refractivity contribution in [3.8, 4) is 23.7 Å². The van der Waals surface area contributed by atoms with Gasteiger partial charge in [-0.05, 0) is 53.8 Å². The third kappa shape index (κ3) is 9.40. The van der Waals surface area contributed by atoms with Gasteiger partial charge < -0.3 is 35.3 Å². The Morgan fingerprint density at radius 3 is 2.51 bits per heavy atom. The maximum absolute atomic E-state index is 13.2. The zero-order valence-corrected chi connectivity index (χ0v) is 28.5. The second kappa shape index (κ2) is 16.2. The molecule has 0 fully saturated rings. The normalized spacial score (nSPS) is 18.5. The van der Waals surface area contributed by atoms with Gasteiger partial charge in [-0.2, -0.15) is 0 Å². The number of nitrogens with one attached hydrogen (secondary N) is 3. The van der Waals surface area contributed by atoms with Gasteiger partial charge in [-0.3, -0.25) is 24.6 Å². The number of aromatic nitrogens is 2. The molecule has 1 aromatic carbocycles. The molecule has 2 bridgehead atoms. The molecular formula is C39H40N6O6. The highest BCUT2D eigenvalue weighted by molar-refractivity contribution is 6.04. The zero-order valence-electron chi connectivity index (χ0n) is 28.5. The predicted octanol–water partition coefficient (Wildman–Crippen LogP) is 2.90. The topological polar surface area (TPSA) is 182 Å². The molecule has 0 saturated heterocycles. The Bertz CT molecular complexity index is 2050. The van der Waals surface area contributed by atoms with Gasteiger partial charge in [-0.1, -0.05) is 54.0 Å². The Balaban J connectivity index is 1.14. The van der Waals surface area contributed by atoms with Crippen LogP contribution in [0.1, 0.15) is 63.4 Å². The van der Waals surface area contributed by atoms with Crippen LogP contribution < -0.4 is 16.4 Å². The average molecular weight is 689 g/mol. The van der Waals surface area contributed by atoms with Crippen LogP contribution in [0.25, 0.3) is 0 Å². The van der Waals surface area contributed by atoms with E-state index in [1.807, 2.05) is 24.3 Å². The number of Topliss-reactive ketones (excluding diaryl/α,β-unsaturated/α-hetero) is 2. The number of fused-ring (bicyclic) bond motifs is 2. The zero-order chi connectivity index (χ0) is 36.5. The molecule has 0 spiro atoms. The smallest absolute Gasteiger partial charge is 0.267 e. The second-order valence-corrected chi connectivity index (χ2v) is 12.6. The summed E-state index contributed by atoms with van der Waals surface area (Å²) in [5, 5.41) is 23.8. The summed E-state index contributed by atoms with van der Waals surface area (Å²) < 4.78 is 9.36. The van der Waals surface area contributed by atoms with E-state index in [0.717, 1.165) is 11.1 Å². The van der Waals surface area contributed by atoms with Crippen molar-refractivity contribution in [1.29, 1.82) is 5.41 Å². The number of anilines is 1. The van der Waals surface area contributed by atoms with Crippen LogP contribution in [-0.4, -0.2) is 61.7 Å². The number of nitrogens with zero attached hydrogens (tertiary/aromatic N) is 2. The first-order valence-electron chi connectivity index (χ1n) is 16.5. The molecule has 5 rings (SSSR count). The first-order chi connectivity index (χ1) is 24.4. The molecule has 2 aliphatic rings. The van der Waals surface area contributed by atoms with E-state index in [2.05, 4.69) is 34.3 Å². The van der Waals surface area contributed by atoms with Crippen molar-refractivity contribution in [3.05, 3.63) is 101 Å². The Kier molecular flexibility index (Phi) is 11.5. The van der Waals surface area contributed by atoms with E-state index in [4.69, 9.17) is 15.9 Å². The standard InChI is InChI=1S/C39H40N6O6/c1-44-23-28(19-32(44)38(49)42-18-15-35(40)41)20-33(46)31-22-29(24-45(31)2)43-36(47)21-26-11-13-27(14-12-26)25-51-34-10-6-4-3-5-7-16-39(50)17-8-9-30(34)37(39)48/h3-4,9,11-14,19,22-24,34,50H,8,15-18,20-21,25H2,1-2H3,(H3,40,41)(H,42,49)(H,43,47)/b4-3-/t34-,39-/m0/s1. The monoisotopic (exact) mass is 688 g/mol. The summed E-state index contributed by atoms with van der Waals surface area (Å²) in [6.45, 7) is 0.405. The molecule has 2 amide bonds. The van der Waals surface area contributed by atoms with Crippen molar-refractivity contribution in [2.75, 3.05) is 11.9 Å². The molecule has 12 nitrogen and oxygen atoms in total. The number of ketones is 2. The number of amides is 2. The molecule has 2 aromatic heterocycles. The summed E-state index contributed by atoms with van der Waals surface area (Å²) in [4.78, 5) is 51.7. The van der Waals surface area contributed by atoms with Crippen LogP contribution in [0, 0.1) is 29.1 Å². The SMILES string of the molecule is Cn1cc(NC(=O)Cc2ccc(CO[C@H]3C#C/C=C\C#CC[C@]4(O)CCC=C3C4=O)cc2)cc1C(=O)Cc1cc(C(=O)NCCC(=N)N)n(C)c1. The number of nitrogens with two attached hydrogens (primary N) is 1. The van der Waals surface area contributed by atoms with Gasteiger partial charge in [0.2, 0.25) is 5.91 Å². The van der Waals surface area contributed by atoms with Crippen LogP contribution in [0.3, 0.4) is 0 Å². The molecule has 12 heteroatoms. The highest BCUT2D eigenvalue weighted by atomic mass is 16.5. The van der Waals surface area contributed by atoms with E-state index < -0.39 is 17.5 Å². The summed E-state index contributed by atoms with van der Waals surface area (Å²) in [6.07, 6.45) is 8.80. The van der Waals surface area contributed by atoms with Gasteiger partial charge in [0.1, 0.15) is 17.4 Å². The Morgan fingerprint density at radius 2 is 1.75 bits per heavy atom. The van der Waals surface area contributed by atoms with Crippen LogP contribution >= 0.6 is 0 Å².